The van der Waals surface area contributed by atoms with Crippen LogP contribution in [-0.2, 0) is 7.05 Å². The fourth-order valence-corrected chi connectivity index (χ4v) is 1.53. The maximum absolute atomic E-state index is 5.57. The molecule has 98 valence electrons. The minimum Gasteiger partial charge on any atom is -0.490 e. The second kappa shape index (κ2) is 6.64. The van der Waals surface area contributed by atoms with Gasteiger partial charge in [0.05, 0.1) is 19.0 Å². The van der Waals surface area contributed by atoms with Gasteiger partial charge in [-0.25, -0.2) is 0 Å². The van der Waals surface area contributed by atoms with Gasteiger partial charge in [-0.2, -0.15) is 5.10 Å². The molecule has 0 aliphatic carbocycles. The van der Waals surface area contributed by atoms with Crippen LogP contribution in [0.5, 0.6) is 5.75 Å². The van der Waals surface area contributed by atoms with Gasteiger partial charge in [-0.05, 0) is 46.6 Å². The minimum atomic E-state index is 0.228. The van der Waals surface area contributed by atoms with Crippen LogP contribution in [0, 0.1) is 0 Å². The number of aryl methyl sites for hydroxylation is 1. The van der Waals surface area contributed by atoms with Crippen LogP contribution < -0.4 is 10.1 Å². The average molecular weight is 239 g/mol. The van der Waals surface area contributed by atoms with Crippen LogP contribution in [-0.4, -0.2) is 28.5 Å². The molecule has 0 amide bonds. The van der Waals surface area contributed by atoms with Crippen molar-refractivity contribution in [2.75, 3.05) is 13.2 Å². The quantitative estimate of drug-likeness (QED) is 0.742. The van der Waals surface area contributed by atoms with Gasteiger partial charge in [-0.3, -0.25) is 4.68 Å². The van der Waals surface area contributed by atoms with E-state index in [1.807, 2.05) is 13.2 Å². The zero-order valence-corrected chi connectivity index (χ0v) is 11.5. The lowest BCUT2D eigenvalue weighted by Gasteiger charge is -2.20. The van der Waals surface area contributed by atoms with Crippen molar-refractivity contribution in [3.05, 3.63) is 12.4 Å². The summed E-state index contributed by atoms with van der Waals surface area (Å²) < 4.78 is 7.32. The van der Waals surface area contributed by atoms with E-state index in [4.69, 9.17) is 4.74 Å². The van der Waals surface area contributed by atoms with E-state index >= 15 is 0 Å². The minimum absolute atomic E-state index is 0.228. The van der Waals surface area contributed by atoms with Crippen molar-refractivity contribution in [2.45, 2.75) is 45.6 Å². The van der Waals surface area contributed by atoms with Crippen molar-refractivity contribution in [1.29, 1.82) is 0 Å². The lowest BCUT2D eigenvalue weighted by Crippen LogP contribution is -2.36. The summed E-state index contributed by atoms with van der Waals surface area (Å²) in [7, 11) is 1.89. The van der Waals surface area contributed by atoms with Crippen LogP contribution in [0.1, 0.15) is 40.0 Å². The van der Waals surface area contributed by atoms with Crippen molar-refractivity contribution in [2.24, 2.45) is 7.05 Å². The normalized spacial score (nSPS) is 11.8. The Labute approximate surface area is 104 Å². The van der Waals surface area contributed by atoms with Crippen LogP contribution in [0.3, 0.4) is 0 Å². The second-order valence-electron chi connectivity index (χ2n) is 5.44. The van der Waals surface area contributed by atoms with E-state index < -0.39 is 0 Å². The van der Waals surface area contributed by atoms with Gasteiger partial charge in [0, 0.05) is 12.6 Å². The second-order valence-corrected chi connectivity index (χ2v) is 5.44. The standard InChI is InChI=1S/C13H25N3O/c1-13(2,3)14-8-6-5-7-9-17-12-10-15-16(4)11-12/h10-11,14H,5-9H2,1-4H3. The topological polar surface area (TPSA) is 39.1 Å². The summed E-state index contributed by atoms with van der Waals surface area (Å²) in [6.07, 6.45) is 7.14. The predicted octanol–water partition coefficient (Wildman–Crippen LogP) is 2.36. The maximum Gasteiger partial charge on any atom is 0.157 e. The Bertz CT molecular complexity index is 315. The first-order valence-corrected chi connectivity index (χ1v) is 6.34. The Morgan fingerprint density at radius 2 is 2.06 bits per heavy atom. The van der Waals surface area contributed by atoms with E-state index in [2.05, 4.69) is 31.2 Å². The number of hydrogen-bond donors (Lipinski definition) is 1. The first-order chi connectivity index (χ1) is 7.97. The third kappa shape index (κ3) is 7.00. The van der Waals surface area contributed by atoms with E-state index in [1.54, 1.807) is 10.9 Å². The highest BCUT2D eigenvalue weighted by molar-refractivity contribution is 5.10. The van der Waals surface area contributed by atoms with E-state index in [9.17, 15) is 0 Å². The Morgan fingerprint density at radius 1 is 1.29 bits per heavy atom. The Hall–Kier alpha value is -1.03. The molecular weight excluding hydrogens is 214 g/mol. The number of ether oxygens (including phenoxy) is 1. The zero-order valence-electron chi connectivity index (χ0n) is 11.5. The molecular formula is C13H25N3O. The largest absolute Gasteiger partial charge is 0.490 e. The number of rotatable bonds is 7. The molecule has 4 heteroatoms. The predicted molar refractivity (Wildman–Crippen MR) is 70.3 cm³/mol. The van der Waals surface area contributed by atoms with E-state index in [0.717, 1.165) is 25.3 Å². The lowest BCUT2D eigenvalue weighted by molar-refractivity contribution is 0.303. The molecule has 0 bridgehead atoms. The van der Waals surface area contributed by atoms with Gasteiger partial charge >= 0.3 is 0 Å². The summed E-state index contributed by atoms with van der Waals surface area (Å²) in [6, 6.07) is 0. The van der Waals surface area contributed by atoms with Crippen molar-refractivity contribution in [3.63, 3.8) is 0 Å². The van der Waals surface area contributed by atoms with Crippen LogP contribution in [0.25, 0.3) is 0 Å². The van der Waals surface area contributed by atoms with Gasteiger partial charge in [-0.15, -0.1) is 0 Å². The summed E-state index contributed by atoms with van der Waals surface area (Å²) in [6.45, 7) is 8.44. The lowest BCUT2D eigenvalue weighted by atomic mass is 10.1. The Morgan fingerprint density at radius 3 is 2.65 bits per heavy atom. The van der Waals surface area contributed by atoms with Gasteiger partial charge in [-0.1, -0.05) is 0 Å². The average Bonchev–Trinajstić information content (AvgIpc) is 2.61. The third-order valence-corrected chi connectivity index (χ3v) is 2.43. The number of nitrogens with one attached hydrogen (secondary N) is 1. The van der Waals surface area contributed by atoms with Gasteiger partial charge in [0.1, 0.15) is 0 Å². The fraction of sp³-hybridized carbons (Fsp3) is 0.769. The summed E-state index contributed by atoms with van der Waals surface area (Å²) in [4.78, 5) is 0. The molecule has 1 rings (SSSR count). The van der Waals surface area contributed by atoms with Gasteiger partial charge in [0.25, 0.3) is 0 Å². The van der Waals surface area contributed by atoms with Crippen molar-refractivity contribution in [1.82, 2.24) is 15.1 Å². The first-order valence-electron chi connectivity index (χ1n) is 6.34. The maximum atomic E-state index is 5.57. The Kier molecular flexibility index (Phi) is 5.48. The monoisotopic (exact) mass is 239 g/mol. The molecule has 0 saturated carbocycles. The molecule has 0 unspecified atom stereocenters. The van der Waals surface area contributed by atoms with Crippen LogP contribution in [0.4, 0.5) is 0 Å². The van der Waals surface area contributed by atoms with E-state index in [1.165, 1.54) is 12.8 Å². The summed E-state index contributed by atoms with van der Waals surface area (Å²) >= 11 is 0. The van der Waals surface area contributed by atoms with Gasteiger partial charge in [0.2, 0.25) is 0 Å². The third-order valence-electron chi connectivity index (χ3n) is 2.43. The van der Waals surface area contributed by atoms with Crippen molar-refractivity contribution >= 4 is 0 Å². The molecule has 1 aromatic rings. The van der Waals surface area contributed by atoms with Crippen LogP contribution in [0.2, 0.25) is 0 Å². The highest BCUT2D eigenvalue weighted by Crippen LogP contribution is 2.08. The molecule has 0 spiro atoms. The molecule has 1 N–H and O–H groups in total. The molecule has 0 atom stereocenters. The summed E-state index contributed by atoms with van der Waals surface area (Å²) in [5, 5.41) is 7.53. The zero-order chi connectivity index (χ0) is 12.7. The fourth-order valence-electron chi connectivity index (χ4n) is 1.53. The summed E-state index contributed by atoms with van der Waals surface area (Å²) in [5.74, 6) is 0.861. The molecule has 0 aliphatic heterocycles. The number of nitrogens with zero attached hydrogens (tertiary/aromatic N) is 2. The molecule has 0 radical (unpaired) electrons. The Balaban J connectivity index is 1.95. The van der Waals surface area contributed by atoms with Gasteiger partial charge < -0.3 is 10.1 Å². The molecule has 0 fully saturated rings. The number of aromatic nitrogens is 2. The number of hydrogen-bond acceptors (Lipinski definition) is 3. The number of unbranched alkanes of at least 4 members (excludes halogenated alkanes) is 2. The summed E-state index contributed by atoms with van der Waals surface area (Å²) in [5.41, 5.74) is 0.228. The molecule has 0 aromatic carbocycles. The first kappa shape index (κ1) is 14.0. The van der Waals surface area contributed by atoms with E-state index in [-0.39, 0.29) is 5.54 Å². The molecule has 1 heterocycles. The SMILES string of the molecule is Cn1cc(OCCCCCNC(C)(C)C)cn1. The molecule has 1 aromatic heterocycles. The molecule has 0 aliphatic rings. The molecule has 4 nitrogen and oxygen atoms in total. The molecule has 17 heavy (non-hydrogen) atoms. The van der Waals surface area contributed by atoms with Crippen molar-refractivity contribution < 1.29 is 4.74 Å². The van der Waals surface area contributed by atoms with E-state index in [0.29, 0.717) is 0 Å². The van der Waals surface area contributed by atoms with Crippen LogP contribution in [0.15, 0.2) is 12.4 Å². The van der Waals surface area contributed by atoms with Gasteiger partial charge in [0.15, 0.2) is 5.75 Å². The highest BCUT2D eigenvalue weighted by Gasteiger charge is 2.06. The molecule has 0 saturated heterocycles. The van der Waals surface area contributed by atoms with Crippen molar-refractivity contribution in [3.8, 4) is 5.75 Å². The highest BCUT2D eigenvalue weighted by atomic mass is 16.5. The smallest absolute Gasteiger partial charge is 0.157 e. The van der Waals surface area contributed by atoms with Crippen LogP contribution >= 0.6 is 0 Å².